The first-order valence-corrected chi connectivity index (χ1v) is 10.0. The molecule has 0 bridgehead atoms. The highest BCUT2D eigenvalue weighted by atomic mass is 32.2. The SMILES string of the molecule is COCc1cc(Nc2cccc(CSC3CCCC3)c2)n2ncnc2n1. The summed E-state index contributed by atoms with van der Waals surface area (Å²) >= 11 is 2.08. The predicted octanol–water partition coefficient (Wildman–Crippen LogP) is 4.19. The number of benzene rings is 1. The first-order valence-electron chi connectivity index (χ1n) is 8.98. The molecule has 2 heterocycles. The van der Waals surface area contributed by atoms with Crippen LogP contribution in [0.2, 0.25) is 0 Å². The van der Waals surface area contributed by atoms with Crippen molar-refractivity contribution >= 4 is 29.0 Å². The molecule has 0 aliphatic heterocycles. The second-order valence-corrected chi connectivity index (χ2v) is 7.87. The Morgan fingerprint density at radius 3 is 3.00 bits per heavy atom. The monoisotopic (exact) mass is 369 g/mol. The molecule has 1 saturated carbocycles. The van der Waals surface area contributed by atoms with Crippen molar-refractivity contribution in [2.24, 2.45) is 0 Å². The fourth-order valence-corrected chi connectivity index (χ4v) is 4.60. The van der Waals surface area contributed by atoms with Gasteiger partial charge in [0.15, 0.2) is 0 Å². The van der Waals surface area contributed by atoms with E-state index in [0.717, 1.165) is 28.2 Å². The Kier molecular flexibility index (Phi) is 5.36. The van der Waals surface area contributed by atoms with Crippen LogP contribution in [0.1, 0.15) is 36.9 Å². The molecular formula is C19H23N5OS. The molecular weight excluding hydrogens is 346 g/mol. The Labute approximate surface area is 157 Å². The van der Waals surface area contributed by atoms with Gasteiger partial charge in [0, 0.05) is 29.9 Å². The lowest BCUT2D eigenvalue weighted by molar-refractivity contribution is 0.181. The fourth-order valence-electron chi connectivity index (χ4n) is 3.33. The van der Waals surface area contributed by atoms with E-state index in [4.69, 9.17) is 4.74 Å². The molecule has 7 heteroatoms. The summed E-state index contributed by atoms with van der Waals surface area (Å²) in [7, 11) is 1.66. The maximum Gasteiger partial charge on any atom is 0.254 e. The molecule has 3 aromatic rings. The van der Waals surface area contributed by atoms with E-state index in [1.165, 1.54) is 37.6 Å². The van der Waals surface area contributed by atoms with Gasteiger partial charge < -0.3 is 10.1 Å². The van der Waals surface area contributed by atoms with E-state index in [9.17, 15) is 0 Å². The van der Waals surface area contributed by atoms with Gasteiger partial charge in [-0.15, -0.1) is 0 Å². The van der Waals surface area contributed by atoms with Gasteiger partial charge in [-0.05, 0) is 30.5 Å². The lowest BCUT2D eigenvalue weighted by Crippen LogP contribution is -2.05. The molecule has 1 aliphatic rings. The van der Waals surface area contributed by atoms with E-state index < -0.39 is 0 Å². The molecule has 136 valence electrons. The van der Waals surface area contributed by atoms with Gasteiger partial charge in [0.1, 0.15) is 12.1 Å². The molecule has 0 unspecified atom stereocenters. The van der Waals surface area contributed by atoms with Gasteiger partial charge in [0.25, 0.3) is 5.78 Å². The van der Waals surface area contributed by atoms with Crippen LogP contribution in [0.3, 0.4) is 0 Å². The molecule has 0 amide bonds. The molecule has 26 heavy (non-hydrogen) atoms. The van der Waals surface area contributed by atoms with Crippen LogP contribution in [0.25, 0.3) is 5.78 Å². The summed E-state index contributed by atoms with van der Waals surface area (Å²) in [4.78, 5) is 8.64. The van der Waals surface area contributed by atoms with Gasteiger partial charge in [0.2, 0.25) is 0 Å². The number of nitrogens with zero attached hydrogens (tertiary/aromatic N) is 4. The van der Waals surface area contributed by atoms with E-state index >= 15 is 0 Å². The molecule has 1 N–H and O–H groups in total. The van der Waals surface area contributed by atoms with E-state index in [-0.39, 0.29) is 0 Å². The molecule has 1 aromatic carbocycles. The van der Waals surface area contributed by atoms with Crippen LogP contribution in [0.4, 0.5) is 11.5 Å². The fraction of sp³-hybridized carbons (Fsp3) is 0.421. The van der Waals surface area contributed by atoms with Gasteiger partial charge in [-0.25, -0.2) is 4.98 Å². The van der Waals surface area contributed by atoms with E-state index in [2.05, 4.69) is 56.4 Å². The largest absolute Gasteiger partial charge is 0.378 e. The van der Waals surface area contributed by atoms with Gasteiger partial charge in [-0.3, -0.25) is 0 Å². The van der Waals surface area contributed by atoms with Gasteiger partial charge >= 0.3 is 0 Å². The van der Waals surface area contributed by atoms with E-state index in [1.54, 1.807) is 11.6 Å². The average molecular weight is 369 g/mol. The summed E-state index contributed by atoms with van der Waals surface area (Å²) in [6.45, 7) is 0.441. The number of hydrogen-bond acceptors (Lipinski definition) is 6. The average Bonchev–Trinajstić information content (AvgIpc) is 3.32. The van der Waals surface area contributed by atoms with Crippen LogP contribution >= 0.6 is 11.8 Å². The van der Waals surface area contributed by atoms with Crippen LogP contribution in [0, 0.1) is 0 Å². The van der Waals surface area contributed by atoms with Crippen molar-refractivity contribution in [1.29, 1.82) is 0 Å². The Hall–Kier alpha value is -2.12. The Balaban J connectivity index is 1.52. The normalized spacial score (nSPS) is 15.0. The topological polar surface area (TPSA) is 64.3 Å². The quantitative estimate of drug-likeness (QED) is 0.674. The number of fused-ring (bicyclic) bond motifs is 1. The van der Waals surface area contributed by atoms with Gasteiger partial charge in [-0.2, -0.15) is 26.4 Å². The molecule has 0 saturated heterocycles. The molecule has 1 aliphatic carbocycles. The Morgan fingerprint density at radius 1 is 1.27 bits per heavy atom. The highest BCUT2D eigenvalue weighted by molar-refractivity contribution is 7.99. The van der Waals surface area contributed by atoms with Gasteiger partial charge in [0.05, 0.1) is 12.3 Å². The van der Waals surface area contributed by atoms with Crippen LogP contribution in [0.5, 0.6) is 0 Å². The zero-order valence-electron chi connectivity index (χ0n) is 14.9. The molecule has 4 rings (SSSR count). The number of hydrogen-bond donors (Lipinski definition) is 1. The summed E-state index contributed by atoms with van der Waals surface area (Å²) in [6.07, 6.45) is 7.02. The van der Waals surface area contributed by atoms with Crippen molar-refractivity contribution in [3.63, 3.8) is 0 Å². The lowest BCUT2D eigenvalue weighted by atomic mass is 10.2. The first kappa shape index (κ1) is 17.3. The third-order valence-corrected chi connectivity index (χ3v) is 6.03. The summed E-state index contributed by atoms with van der Waals surface area (Å²) in [5.41, 5.74) is 3.21. The van der Waals surface area contributed by atoms with Crippen molar-refractivity contribution in [1.82, 2.24) is 19.6 Å². The van der Waals surface area contributed by atoms with Crippen molar-refractivity contribution in [2.45, 2.75) is 43.3 Å². The van der Waals surface area contributed by atoms with Crippen LogP contribution in [-0.4, -0.2) is 31.9 Å². The van der Waals surface area contributed by atoms with Crippen molar-refractivity contribution in [3.8, 4) is 0 Å². The number of rotatable bonds is 7. The number of aromatic nitrogens is 4. The highest BCUT2D eigenvalue weighted by Crippen LogP contribution is 2.32. The lowest BCUT2D eigenvalue weighted by Gasteiger charge is -2.12. The number of thioether (sulfide) groups is 1. The van der Waals surface area contributed by atoms with Crippen molar-refractivity contribution in [2.75, 3.05) is 12.4 Å². The van der Waals surface area contributed by atoms with Crippen molar-refractivity contribution < 1.29 is 4.74 Å². The second kappa shape index (κ2) is 8.05. The Morgan fingerprint density at radius 2 is 2.15 bits per heavy atom. The minimum absolute atomic E-state index is 0.441. The van der Waals surface area contributed by atoms with Crippen LogP contribution in [0.15, 0.2) is 36.7 Å². The van der Waals surface area contributed by atoms with Crippen LogP contribution in [-0.2, 0) is 17.1 Å². The molecule has 6 nitrogen and oxygen atoms in total. The summed E-state index contributed by atoms with van der Waals surface area (Å²) in [5.74, 6) is 2.46. The number of nitrogens with one attached hydrogen (secondary N) is 1. The number of ether oxygens (including phenoxy) is 1. The molecule has 0 spiro atoms. The van der Waals surface area contributed by atoms with Crippen LogP contribution < -0.4 is 5.32 Å². The maximum absolute atomic E-state index is 5.21. The molecule has 0 radical (unpaired) electrons. The van der Waals surface area contributed by atoms with Gasteiger partial charge in [-0.1, -0.05) is 25.0 Å². The molecule has 1 fully saturated rings. The number of anilines is 2. The number of methoxy groups -OCH3 is 1. The third kappa shape index (κ3) is 3.99. The molecule has 2 aromatic heterocycles. The minimum Gasteiger partial charge on any atom is -0.378 e. The minimum atomic E-state index is 0.441. The highest BCUT2D eigenvalue weighted by Gasteiger charge is 2.15. The maximum atomic E-state index is 5.21. The third-order valence-electron chi connectivity index (χ3n) is 4.58. The zero-order valence-corrected chi connectivity index (χ0v) is 15.7. The second-order valence-electron chi connectivity index (χ2n) is 6.58. The van der Waals surface area contributed by atoms with Crippen molar-refractivity contribution in [3.05, 3.63) is 47.9 Å². The van der Waals surface area contributed by atoms with E-state index in [0.29, 0.717) is 12.4 Å². The smallest absolute Gasteiger partial charge is 0.254 e. The zero-order chi connectivity index (χ0) is 17.8. The summed E-state index contributed by atoms with van der Waals surface area (Å²) in [5, 5.41) is 8.55. The predicted molar refractivity (Wildman–Crippen MR) is 105 cm³/mol. The first-order chi connectivity index (χ1) is 12.8. The summed E-state index contributed by atoms with van der Waals surface area (Å²) < 4.78 is 6.92. The standard InChI is InChI=1S/C19H23N5OS/c1-25-11-16-10-18(24-19(23-16)20-13-21-24)22-15-6-4-5-14(9-15)12-26-17-7-2-3-8-17/h4-6,9-10,13,17,22H,2-3,7-8,11-12H2,1H3. The Bertz CT molecular complexity index is 875. The molecule has 0 atom stereocenters. The summed E-state index contributed by atoms with van der Waals surface area (Å²) in [6, 6.07) is 10.5. The van der Waals surface area contributed by atoms with E-state index in [1.807, 2.05) is 6.07 Å².